The van der Waals surface area contributed by atoms with Crippen molar-refractivity contribution in [1.29, 1.82) is 0 Å². The number of rotatable bonds is 1. The molecule has 5 nitrogen and oxygen atoms in total. The molecule has 0 saturated carbocycles. The highest BCUT2D eigenvalue weighted by molar-refractivity contribution is 5.88. The predicted octanol–water partition coefficient (Wildman–Crippen LogP) is 1.89. The first-order valence-corrected chi connectivity index (χ1v) is 8.80. The number of anilines is 1. The number of piperazine rings is 1. The summed E-state index contributed by atoms with van der Waals surface area (Å²) in [4.78, 5) is 17.2. The molecule has 0 amide bonds. The number of hydrogen-bond acceptors (Lipinski definition) is 5. The van der Waals surface area contributed by atoms with Crippen LogP contribution >= 0.6 is 0 Å². The summed E-state index contributed by atoms with van der Waals surface area (Å²) in [5.74, 6) is 0. The third kappa shape index (κ3) is 2.43. The van der Waals surface area contributed by atoms with Gasteiger partial charge in [0.25, 0.3) is 0 Å². The summed E-state index contributed by atoms with van der Waals surface area (Å²) in [6.07, 6.45) is 0.891. The van der Waals surface area contributed by atoms with Crippen LogP contribution in [0.5, 0.6) is 0 Å². The van der Waals surface area contributed by atoms with E-state index < -0.39 is 0 Å². The van der Waals surface area contributed by atoms with Crippen molar-refractivity contribution in [1.82, 2.24) is 10.2 Å². The summed E-state index contributed by atoms with van der Waals surface area (Å²) >= 11 is 0. The van der Waals surface area contributed by atoms with Gasteiger partial charge in [-0.15, -0.1) is 0 Å². The molecule has 0 bridgehead atoms. The summed E-state index contributed by atoms with van der Waals surface area (Å²) < 4.78 is 5.74. The van der Waals surface area contributed by atoms with Crippen LogP contribution in [0.25, 0.3) is 11.0 Å². The molecule has 24 heavy (non-hydrogen) atoms. The average Bonchev–Trinajstić information content (AvgIpc) is 2.59. The fourth-order valence-corrected chi connectivity index (χ4v) is 3.99. The summed E-state index contributed by atoms with van der Waals surface area (Å²) in [6, 6.07) is 4.88. The fourth-order valence-electron chi connectivity index (χ4n) is 3.99. The van der Waals surface area contributed by atoms with Gasteiger partial charge in [0.2, 0.25) is 0 Å². The average molecular weight is 327 g/mol. The Morgan fingerprint density at radius 2 is 2.08 bits per heavy atom. The van der Waals surface area contributed by atoms with Gasteiger partial charge in [-0.05, 0) is 51.6 Å². The van der Waals surface area contributed by atoms with Gasteiger partial charge in [-0.3, -0.25) is 0 Å². The highest BCUT2D eigenvalue weighted by atomic mass is 16.4. The predicted molar refractivity (Wildman–Crippen MR) is 96.9 cm³/mol. The molecule has 4 rings (SSSR count). The Morgan fingerprint density at radius 1 is 1.25 bits per heavy atom. The molecule has 1 saturated heterocycles. The van der Waals surface area contributed by atoms with Crippen molar-refractivity contribution < 1.29 is 4.42 Å². The first-order valence-electron chi connectivity index (χ1n) is 8.80. The Morgan fingerprint density at radius 3 is 2.88 bits per heavy atom. The summed E-state index contributed by atoms with van der Waals surface area (Å²) in [7, 11) is 2.18. The van der Waals surface area contributed by atoms with Gasteiger partial charge in [-0.1, -0.05) is 0 Å². The lowest BCUT2D eigenvalue weighted by Crippen LogP contribution is -2.50. The molecule has 5 heteroatoms. The zero-order valence-electron chi connectivity index (χ0n) is 14.7. The molecule has 2 aromatic rings. The van der Waals surface area contributed by atoms with Crippen LogP contribution in [0.2, 0.25) is 0 Å². The van der Waals surface area contributed by atoms with E-state index in [1.807, 2.05) is 0 Å². The number of likely N-dealkylation sites (N-methyl/N-ethyl adjacent to an activating group) is 1. The van der Waals surface area contributed by atoms with Gasteiger partial charge in [0.15, 0.2) is 0 Å². The molecule has 0 radical (unpaired) electrons. The van der Waals surface area contributed by atoms with Crippen LogP contribution in [0.4, 0.5) is 5.69 Å². The third-order valence-corrected chi connectivity index (χ3v) is 5.66. The van der Waals surface area contributed by atoms with Gasteiger partial charge in [0.1, 0.15) is 5.58 Å². The molecule has 1 atom stereocenters. The maximum Gasteiger partial charge on any atom is 0.341 e. The Bertz CT molecular complexity index is 843. The SMILES string of the molecule is Cc1c(N2CCN(C)[C@@H](C)C2)ccc2c3c(c(=O)oc12)CNCC3. The minimum Gasteiger partial charge on any atom is -0.422 e. The van der Waals surface area contributed by atoms with Crippen LogP contribution < -0.4 is 15.8 Å². The molecule has 0 spiro atoms. The van der Waals surface area contributed by atoms with Crippen molar-refractivity contribution in [2.24, 2.45) is 0 Å². The molecule has 2 aliphatic heterocycles. The number of benzene rings is 1. The van der Waals surface area contributed by atoms with Crippen molar-refractivity contribution in [3.8, 4) is 0 Å². The van der Waals surface area contributed by atoms with Gasteiger partial charge in [-0.2, -0.15) is 0 Å². The molecule has 0 unspecified atom stereocenters. The normalized spacial score (nSPS) is 22.0. The van der Waals surface area contributed by atoms with E-state index in [2.05, 4.69) is 48.1 Å². The maximum atomic E-state index is 12.4. The van der Waals surface area contributed by atoms with Gasteiger partial charge < -0.3 is 19.5 Å². The molecular weight excluding hydrogens is 302 g/mol. The zero-order chi connectivity index (χ0) is 16.8. The molecule has 128 valence electrons. The van der Waals surface area contributed by atoms with E-state index in [1.54, 1.807) is 0 Å². The highest BCUT2D eigenvalue weighted by Gasteiger charge is 2.24. The minimum absolute atomic E-state index is 0.184. The maximum absolute atomic E-state index is 12.4. The third-order valence-electron chi connectivity index (χ3n) is 5.66. The van der Waals surface area contributed by atoms with E-state index in [4.69, 9.17) is 4.42 Å². The molecule has 1 aromatic heterocycles. The smallest absolute Gasteiger partial charge is 0.341 e. The van der Waals surface area contributed by atoms with Crippen molar-refractivity contribution in [3.63, 3.8) is 0 Å². The number of fused-ring (bicyclic) bond motifs is 3. The topological polar surface area (TPSA) is 48.7 Å². The molecule has 3 heterocycles. The van der Waals surface area contributed by atoms with Crippen LogP contribution in [0.3, 0.4) is 0 Å². The molecule has 2 aliphatic rings. The summed E-state index contributed by atoms with van der Waals surface area (Å²) in [5, 5.41) is 4.37. The second-order valence-electron chi connectivity index (χ2n) is 7.14. The van der Waals surface area contributed by atoms with Crippen molar-refractivity contribution in [3.05, 3.63) is 39.2 Å². The summed E-state index contributed by atoms with van der Waals surface area (Å²) in [5.41, 5.74) is 4.83. The molecule has 1 aromatic carbocycles. The van der Waals surface area contributed by atoms with E-state index in [0.717, 1.165) is 54.7 Å². The largest absolute Gasteiger partial charge is 0.422 e. The van der Waals surface area contributed by atoms with E-state index in [-0.39, 0.29) is 5.63 Å². The molecule has 0 aliphatic carbocycles. The quantitative estimate of drug-likeness (QED) is 0.811. The van der Waals surface area contributed by atoms with Gasteiger partial charge in [-0.25, -0.2) is 4.79 Å². The summed E-state index contributed by atoms with van der Waals surface area (Å²) in [6.45, 7) is 8.93. The van der Waals surface area contributed by atoms with Gasteiger partial charge in [0, 0.05) is 48.9 Å². The van der Waals surface area contributed by atoms with E-state index >= 15 is 0 Å². The first kappa shape index (κ1) is 15.7. The number of aryl methyl sites for hydroxylation is 1. The molecule has 1 N–H and O–H groups in total. The number of nitrogens with one attached hydrogen (secondary N) is 1. The Balaban J connectivity index is 1.83. The molecule has 1 fully saturated rings. The van der Waals surface area contributed by atoms with E-state index in [1.165, 1.54) is 11.3 Å². The van der Waals surface area contributed by atoms with Crippen LogP contribution in [0.1, 0.15) is 23.6 Å². The Hall–Kier alpha value is -1.85. The van der Waals surface area contributed by atoms with E-state index in [9.17, 15) is 4.79 Å². The van der Waals surface area contributed by atoms with Crippen LogP contribution in [-0.2, 0) is 13.0 Å². The number of hydrogen-bond donors (Lipinski definition) is 1. The molecular formula is C19H25N3O2. The second-order valence-corrected chi connectivity index (χ2v) is 7.14. The Labute approximate surface area is 142 Å². The first-order chi connectivity index (χ1) is 11.6. The number of nitrogens with zero attached hydrogens (tertiary/aromatic N) is 2. The highest BCUT2D eigenvalue weighted by Crippen LogP contribution is 2.32. The minimum atomic E-state index is -0.184. The van der Waals surface area contributed by atoms with E-state index in [0.29, 0.717) is 12.6 Å². The van der Waals surface area contributed by atoms with Gasteiger partial charge >= 0.3 is 5.63 Å². The zero-order valence-corrected chi connectivity index (χ0v) is 14.7. The van der Waals surface area contributed by atoms with Crippen LogP contribution in [-0.4, -0.2) is 44.2 Å². The second kappa shape index (κ2) is 5.90. The van der Waals surface area contributed by atoms with Crippen molar-refractivity contribution in [2.75, 3.05) is 38.1 Å². The Kier molecular flexibility index (Phi) is 3.85. The lowest BCUT2D eigenvalue weighted by molar-refractivity contribution is 0.234. The lowest BCUT2D eigenvalue weighted by atomic mass is 9.96. The van der Waals surface area contributed by atoms with Crippen LogP contribution in [0.15, 0.2) is 21.3 Å². The van der Waals surface area contributed by atoms with Crippen molar-refractivity contribution in [2.45, 2.75) is 32.9 Å². The van der Waals surface area contributed by atoms with Crippen molar-refractivity contribution >= 4 is 16.7 Å². The monoisotopic (exact) mass is 327 g/mol. The fraction of sp³-hybridized carbons (Fsp3) is 0.526. The van der Waals surface area contributed by atoms with Crippen LogP contribution in [0, 0.1) is 6.92 Å². The lowest BCUT2D eigenvalue weighted by Gasteiger charge is -2.39. The van der Waals surface area contributed by atoms with Gasteiger partial charge in [0.05, 0.1) is 5.56 Å². The standard InChI is InChI=1S/C19H25N3O2/c1-12-11-22(9-8-21(12)3)17-5-4-15-14-6-7-20-10-16(14)19(23)24-18(15)13(17)2/h4-5,12,20H,6-11H2,1-3H3/t12-/m0/s1.